The first-order valence-electron chi connectivity index (χ1n) is 9.75. The summed E-state index contributed by atoms with van der Waals surface area (Å²) in [6.07, 6.45) is -0.351. The monoisotopic (exact) mass is 405 g/mol. The van der Waals surface area contributed by atoms with E-state index in [1.165, 1.54) is 4.90 Å². The molecule has 1 aliphatic rings. The lowest BCUT2D eigenvalue weighted by molar-refractivity contribution is -0.126. The highest BCUT2D eigenvalue weighted by atomic mass is 16.6. The second-order valence-corrected chi connectivity index (χ2v) is 7.31. The molecule has 1 aliphatic heterocycles. The molecule has 0 radical (unpaired) electrons. The maximum Gasteiger partial charge on any atom is 0.294 e. The van der Waals surface area contributed by atoms with Crippen LogP contribution in [0.2, 0.25) is 0 Å². The van der Waals surface area contributed by atoms with Crippen molar-refractivity contribution in [2.75, 3.05) is 20.2 Å². The SMILES string of the molecule is Cc1nn(-c2ccccc2)c(C)c1C(=O)C(=O)N(C)C[C@@H]1COc2ccccc2O1. The van der Waals surface area contributed by atoms with E-state index in [1.54, 1.807) is 25.6 Å². The average Bonchev–Trinajstić information content (AvgIpc) is 3.07. The molecule has 0 unspecified atom stereocenters. The zero-order valence-corrected chi connectivity index (χ0v) is 17.2. The number of likely N-dealkylation sites (N-methyl/N-ethyl adjacent to an activating group) is 1. The predicted molar refractivity (Wildman–Crippen MR) is 111 cm³/mol. The van der Waals surface area contributed by atoms with Crippen LogP contribution in [0.3, 0.4) is 0 Å². The molecule has 1 atom stereocenters. The fraction of sp³-hybridized carbons (Fsp3) is 0.261. The number of nitrogens with zero attached hydrogens (tertiary/aromatic N) is 3. The molecule has 4 rings (SSSR count). The van der Waals surface area contributed by atoms with Crippen molar-refractivity contribution in [2.24, 2.45) is 0 Å². The van der Waals surface area contributed by atoms with E-state index in [0.29, 0.717) is 35.1 Å². The van der Waals surface area contributed by atoms with Gasteiger partial charge >= 0.3 is 0 Å². The van der Waals surface area contributed by atoms with Gasteiger partial charge in [-0.2, -0.15) is 5.10 Å². The molecule has 7 nitrogen and oxygen atoms in total. The Balaban J connectivity index is 1.49. The number of carbonyl (C=O) groups is 2. The molecule has 30 heavy (non-hydrogen) atoms. The van der Waals surface area contributed by atoms with Crippen molar-refractivity contribution >= 4 is 11.7 Å². The van der Waals surface area contributed by atoms with Gasteiger partial charge in [0.25, 0.3) is 11.7 Å². The van der Waals surface area contributed by atoms with Crippen LogP contribution in [0.1, 0.15) is 21.7 Å². The lowest BCUT2D eigenvalue weighted by Gasteiger charge is -2.29. The molecule has 0 fully saturated rings. The lowest BCUT2D eigenvalue weighted by Crippen LogP contribution is -2.44. The highest BCUT2D eigenvalue weighted by molar-refractivity contribution is 6.43. The summed E-state index contributed by atoms with van der Waals surface area (Å²) in [4.78, 5) is 27.2. The quantitative estimate of drug-likeness (QED) is 0.482. The van der Waals surface area contributed by atoms with Gasteiger partial charge in [-0.25, -0.2) is 4.68 Å². The Hall–Kier alpha value is -3.61. The maximum absolute atomic E-state index is 13.0. The number of amides is 1. The summed E-state index contributed by atoms with van der Waals surface area (Å²) in [7, 11) is 1.59. The Morgan fingerprint density at radius 2 is 1.73 bits per heavy atom. The van der Waals surface area contributed by atoms with Crippen LogP contribution in [0.15, 0.2) is 54.6 Å². The summed E-state index contributed by atoms with van der Waals surface area (Å²) in [6.45, 7) is 4.08. The van der Waals surface area contributed by atoms with Gasteiger partial charge in [-0.05, 0) is 38.1 Å². The van der Waals surface area contributed by atoms with Crippen LogP contribution in [-0.2, 0) is 4.79 Å². The molecular formula is C23H23N3O4. The van der Waals surface area contributed by atoms with Gasteiger partial charge in [0.1, 0.15) is 6.61 Å². The van der Waals surface area contributed by atoms with E-state index >= 15 is 0 Å². The van der Waals surface area contributed by atoms with Crippen molar-refractivity contribution in [2.45, 2.75) is 20.0 Å². The smallest absolute Gasteiger partial charge is 0.294 e. The van der Waals surface area contributed by atoms with Crippen LogP contribution in [-0.4, -0.2) is 52.7 Å². The third-order valence-corrected chi connectivity index (χ3v) is 5.11. The molecule has 0 saturated heterocycles. The number of rotatable bonds is 5. The summed E-state index contributed by atoms with van der Waals surface area (Å²) >= 11 is 0. The molecule has 0 aliphatic carbocycles. The third-order valence-electron chi connectivity index (χ3n) is 5.11. The first-order chi connectivity index (χ1) is 14.5. The number of aromatic nitrogens is 2. The number of Topliss-reactive ketones (excluding diaryl/α,β-unsaturated/α-hetero) is 1. The standard InChI is InChI=1S/C23H23N3O4/c1-15-21(16(2)26(24-15)17-9-5-4-6-10-17)22(27)23(28)25(3)13-18-14-29-19-11-7-8-12-20(19)30-18/h4-12,18H,13-14H2,1-3H3/t18-/m1/s1. The van der Waals surface area contributed by atoms with Crippen molar-refractivity contribution in [3.05, 3.63) is 71.5 Å². The van der Waals surface area contributed by atoms with Crippen molar-refractivity contribution in [3.63, 3.8) is 0 Å². The Labute approximate surface area is 174 Å². The molecule has 2 heterocycles. The van der Waals surface area contributed by atoms with Crippen LogP contribution < -0.4 is 9.47 Å². The maximum atomic E-state index is 13.0. The third kappa shape index (κ3) is 3.66. The van der Waals surface area contributed by atoms with E-state index in [4.69, 9.17) is 9.47 Å². The van der Waals surface area contributed by atoms with Gasteiger partial charge in [-0.1, -0.05) is 30.3 Å². The van der Waals surface area contributed by atoms with E-state index in [1.807, 2.05) is 54.6 Å². The molecule has 3 aromatic rings. The largest absolute Gasteiger partial charge is 0.486 e. The van der Waals surface area contributed by atoms with E-state index in [9.17, 15) is 9.59 Å². The summed E-state index contributed by atoms with van der Waals surface area (Å²) in [6, 6.07) is 16.9. The minimum Gasteiger partial charge on any atom is -0.486 e. The lowest BCUT2D eigenvalue weighted by atomic mass is 10.1. The van der Waals surface area contributed by atoms with Gasteiger partial charge in [0, 0.05) is 7.05 Å². The zero-order valence-electron chi connectivity index (χ0n) is 17.2. The van der Waals surface area contributed by atoms with Crippen LogP contribution >= 0.6 is 0 Å². The molecule has 0 saturated carbocycles. The molecular weight excluding hydrogens is 382 g/mol. The number of para-hydroxylation sites is 3. The molecule has 1 amide bonds. The van der Waals surface area contributed by atoms with Crippen molar-refractivity contribution in [3.8, 4) is 17.2 Å². The van der Waals surface area contributed by atoms with Gasteiger partial charge in [-0.15, -0.1) is 0 Å². The second-order valence-electron chi connectivity index (χ2n) is 7.31. The molecule has 1 aromatic heterocycles. The van der Waals surface area contributed by atoms with Gasteiger partial charge in [-0.3, -0.25) is 9.59 Å². The van der Waals surface area contributed by atoms with Crippen LogP contribution in [0.5, 0.6) is 11.5 Å². The van der Waals surface area contributed by atoms with Crippen LogP contribution in [0.4, 0.5) is 0 Å². The topological polar surface area (TPSA) is 73.7 Å². The number of carbonyl (C=O) groups excluding carboxylic acids is 2. The number of fused-ring (bicyclic) bond motifs is 1. The highest BCUT2D eigenvalue weighted by Crippen LogP contribution is 2.31. The number of benzene rings is 2. The minimum absolute atomic E-state index is 0.240. The van der Waals surface area contributed by atoms with E-state index in [-0.39, 0.29) is 12.6 Å². The number of ether oxygens (including phenoxy) is 2. The normalized spacial score (nSPS) is 15.0. The van der Waals surface area contributed by atoms with Crippen molar-refractivity contribution in [1.29, 1.82) is 0 Å². The Kier molecular flexibility index (Phi) is 5.27. The highest BCUT2D eigenvalue weighted by Gasteiger charge is 2.30. The summed E-state index contributed by atoms with van der Waals surface area (Å²) in [5.74, 6) is 0.137. The Morgan fingerprint density at radius 3 is 2.47 bits per heavy atom. The fourth-order valence-corrected chi connectivity index (χ4v) is 3.61. The molecule has 0 N–H and O–H groups in total. The zero-order chi connectivity index (χ0) is 21.3. The first kappa shape index (κ1) is 19.7. The fourth-order valence-electron chi connectivity index (χ4n) is 3.61. The summed E-state index contributed by atoms with van der Waals surface area (Å²) < 4.78 is 13.3. The summed E-state index contributed by atoms with van der Waals surface area (Å²) in [5, 5.41) is 4.46. The number of aryl methyl sites for hydroxylation is 1. The molecule has 0 bridgehead atoms. The Morgan fingerprint density at radius 1 is 1.07 bits per heavy atom. The van der Waals surface area contributed by atoms with E-state index < -0.39 is 11.7 Å². The molecule has 0 spiro atoms. The number of hydrogen-bond acceptors (Lipinski definition) is 5. The first-order valence-corrected chi connectivity index (χ1v) is 9.75. The van der Waals surface area contributed by atoms with Crippen LogP contribution in [0.25, 0.3) is 5.69 Å². The van der Waals surface area contributed by atoms with E-state index in [0.717, 1.165) is 5.69 Å². The minimum atomic E-state index is -0.601. The average molecular weight is 405 g/mol. The van der Waals surface area contributed by atoms with Gasteiger partial charge in [0.05, 0.1) is 29.2 Å². The number of ketones is 1. The summed E-state index contributed by atoms with van der Waals surface area (Å²) in [5.41, 5.74) is 2.33. The molecule has 154 valence electrons. The molecule has 2 aromatic carbocycles. The Bertz CT molecular complexity index is 1090. The van der Waals surface area contributed by atoms with Crippen molar-refractivity contribution < 1.29 is 19.1 Å². The van der Waals surface area contributed by atoms with Crippen molar-refractivity contribution in [1.82, 2.24) is 14.7 Å². The van der Waals surface area contributed by atoms with E-state index in [2.05, 4.69) is 5.10 Å². The number of hydrogen-bond donors (Lipinski definition) is 0. The predicted octanol–water partition coefficient (Wildman–Crippen LogP) is 2.97. The van der Waals surface area contributed by atoms with Gasteiger partial charge in [0.2, 0.25) is 0 Å². The van der Waals surface area contributed by atoms with Crippen LogP contribution in [0, 0.1) is 13.8 Å². The van der Waals surface area contributed by atoms with Gasteiger partial charge in [0.15, 0.2) is 17.6 Å². The molecule has 7 heteroatoms. The van der Waals surface area contributed by atoms with Gasteiger partial charge < -0.3 is 14.4 Å². The second kappa shape index (κ2) is 8.02.